The van der Waals surface area contributed by atoms with Gasteiger partial charge in [-0.05, 0) is 101 Å². The average Bonchev–Trinajstić information content (AvgIpc) is 3.66. The lowest BCUT2D eigenvalue weighted by Crippen LogP contribution is -2.24. The molecule has 8 rings (SSSR count). The van der Waals surface area contributed by atoms with Crippen LogP contribution in [0.4, 0.5) is 22.7 Å². The molecule has 0 unspecified atom stereocenters. The number of anilines is 4. The number of hydrogen-bond donors (Lipinski definition) is 0. The minimum absolute atomic E-state index is 0.0473. The molecule has 2 aromatic heterocycles. The molecule has 0 N–H and O–H groups in total. The number of ether oxygens (including phenoxy) is 1. The number of hydrogen-bond acceptors (Lipinski definition) is 4. The molecule has 5 nitrogen and oxygen atoms in total. The molecule has 0 spiro atoms. The van der Waals surface area contributed by atoms with E-state index in [0.717, 1.165) is 44.6 Å². The molecule has 0 atom stereocenters. The molecule has 50 heavy (non-hydrogen) atoms. The van der Waals surface area contributed by atoms with Crippen LogP contribution in [0.3, 0.4) is 0 Å². The van der Waals surface area contributed by atoms with Gasteiger partial charge >= 0.3 is 0 Å². The maximum atomic E-state index is 8.07. The van der Waals surface area contributed by atoms with Gasteiger partial charge in [-0.25, -0.2) is 4.98 Å². The zero-order chi connectivity index (χ0) is 37.3. The second kappa shape index (κ2) is 11.8. The fourth-order valence-electron chi connectivity index (χ4n) is 6.96. The van der Waals surface area contributed by atoms with Gasteiger partial charge in [0.05, 0.1) is 22.4 Å². The summed E-state index contributed by atoms with van der Waals surface area (Å²) in [6.07, 6.45) is 1.58. The van der Waals surface area contributed by atoms with Gasteiger partial charge in [0.1, 0.15) is 24.0 Å². The largest absolute Gasteiger partial charge is 0.457 e. The number of fused-ring (bicyclic) bond motifs is 4. The highest BCUT2D eigenvalue weighted by molar-refractivity contribution is 6.09. The summed E-state index contributed by atoms with van der Waals surface area (Å²) in [5, 5.41) is 2.10. The van der Waals surface area contributed by atoms with E-state index in [1.165, 1.54) is 11.1 Å². The number of aromatic nitrogens is 2. The minimum atomic E-state index is -2.25. The van der Waals surface area contributed by atoms with Crippen LogP contribution in [0.15, 0.2) is 128 Å². The molecule has 0 saturated carbocycles. The lowest BCUT2D eigenvalue weighted by molar-refractivity contribution is 0.483. The maximum Gasteiger partial charge on any atom is 0.137 e. The van der Waals surface area contributed by atoms with E-state index in [0.29, 0.717) is 24.0 Å². The molecule has 7 aromatic rings. The van der Waals surface area contributed by atoms with E-state index >= 15 is 0 Å². The molecule has 0 aliphatic carbocycles. The molecule has 1 aliphatic heterocycles. The van der Waals surface area contributed by atoms with E-state index < -0.39 is 6.85 Å². The third kappa shape index (κ3) is 5.67. The number of nitrogens with zero attached hydrogens (tertiary/aromatic N) is 4. The molecular formula is C45H44N4O. The third-order valence-electron chi connectivity index (χ3n) is 9.71. The van der Waals surface area contributed by atoms with Gasteiger partial charge in [0.2, 0.25) is 0 Å². The maximum absolute atomic E-state index is 8.07. The standard InChI is InChI=1S/C45H44N4O/c1-30-22-23-46-43(24-30)49-41-26-32(45(5,6)7)18-20-37(41)38-21-19-36(28-42(38)49)50-35-15-11-14-34(27-35)48-29-47(39-16-8-9-17-40(39)48)33-13-10-12-31(25-33)44(2,3)4/h8-28H,29H2,1-7H3/i1D3. The highest BCUT2D eigenvalue weighted by Crippen LogP contribution is 2.45. The van der Waals surface area contributed by atoms with E-state index in [-0.39, 0.29) is 16.4 Å². The predicted molar refractivity (Wildman–Crippen MR) is 209 cm³/mol. The second-order valence-corrected chi connectivity index (χ2v) is 15.3. The Hall–Kier alpha value is -5.55. The molecule has 0 saturated heterocycles. The lowest BCUT2D eigenvalue weighted by Gasteiger charge is -2.25. The Labute approximate surface area is 299 Å². The van der Waals surface area contributed by atoms with Crippen molar-refractivity contribution in [2.24, 2.45) is 0 Å². The summed E-state index contributed by atoms with van der Waals surface area (Å²) in [7, 11) is 0. The van der Waals surface area contributed by atoms with Crippen molar-refractivity contribution in [3.63, 3.8) is 0 Å². The molecule has 250 valence electrons. The van der Waals surface area contributed by atoms with E-state index in [4.69, 9.17) is 8.85 Å². The normalized spacial score (nSPS) is 14.5. The minimum Gasteiger partial charge on any atom is -0.457 e. The average molecular weight is 660 g/mol. The molecular weight excluding hydrogens is 613 g/mol. The van der Waals surface area contributed by atoms with Crippen LogP contribution in [0.1, 0.15) is 62.3 Å². The van der Waals surface area contributed by atoms with Gasteiger partial charge in [-0.2, -0.15) is 0 Å². The zero-order valence-electron chi connectivity index (χ0n) is 32.5. The van der Waals surface area contributed by atoms with Gasteiger partial charge in [-0.3, -0.25) is 4.57 Å². The number of aryl methyl sites for hydroxylation is 1. The summed E-state index contributed by atoms with van der Waals surface area (Å²) >= 11 is 0. The Morgan fingerprint density at radius 2 is 1.22 bits per heavy atom. The van der Waals surface area contributed by atoms with Gasteiger partial charge in [0.25, 0.3) is 0 Å². The van der Waals surface area contributed by atoms with E-state index in [2.05, 4.69) is 146 Å². The monoisotopic (exact) mass is 659 g/mol. The van der Waals surface area contributed by atoms with Crippen molar-refractivity contribution in [1.29, 1.82) is 0 Å². The van der Waals surface area contributed by atoms with E-state index in [1.54, 1.807) is 18.3 Å². The SMILES string of the molecule is [2H]C([2H])([2H])c1ccnc(-n2c3cc(Oc4cccc(N5CN(c6cccc(C(C)(C)C)c6)c6ccccc65)c4)ccc3c3ccc(C(C)(C)C)cc32)c1. The quantitative estimate of drug-likeness (QED) is 0.184. The summed E-state index contributed by atoms with van der Waals surface area (Å²) in [5.41, 5.74) is 9.04. The number of rotatable bonds is 5. The summed E-state index contributed by atoms with van der Waals surface area (Å²) in [4.78, 5) is 9.37. The first kappa shape index (κ1) is 28.3. The molecule has 5 aromatic carbocycles. The van der Waals surface area contributed by atoms with Crippen molar-refractivity contribution in [2.45, 2.75) is 59.2 Å². The van der Waals surface area contributed by atoms with Gasteiger partial charge in [0, 0.05) is 44.6 Å². The topological polar surface area (TPSA) is 33.5 Å². The van der Waals surface area contributed by atoms with Gasteiger partial charge in [0.15, 0.2) is 0 Å². The molecule has 3 heterocycles. The summed E-state index contributed by atoms with van der Waals surface area (Å²) in [5.74, 6) is 1.94. The van der Waals surface area contributed by atoms with Crippen LogP contribution in [-0.2, 0) is 10.8 Å². The Morgan fingerprint density at radius 1 is 0.600 bits per heavy atom. The number of para-hydroxylation sites is 2. The first-order valence-electron chi connectivity index (χ1n) is 18.7. The Balaban J connectivity index is 1.18. The fraction of sp³-hybridized carbons (Fsp3) is 0.222. The van der Waals surface area contributed by atoms with Crippen molar-refractivity contribution in [2.75, 3.05) is 16.5 Å². The van der Waals surface area contributed by atoms with Crippen LogP contribution >= 0.6 is 0 Å². The summed E-state index contributed by atoms with van der Waals surface area (Å²) in [6.45, 7) is 11.7. The fourth-order valence-corrected chi connectivity index (χ4v) is 6.96. The van der Waals surface area contributed by atoms with Crippen LogP contribution in [-0.4, -0.2) is 16.2 Å². The first-order chi connectivity index (χ1) is 25.1. The van der Waals surface area contributed by atoms with Crippen molar-refractivity contribution >= 4 is 44.6 Å². The zero-order valence-corrected chi connectivity index (χ0v) is 29.5. The van der Waals surface area contributed by atoms with E-state index in [9.17, 15) is 0 Å². The molecule has 0 radical (unpaired) electrons. The highest BCUT2D eigenvalue weighted by Gasteiger charge is 2.29. The number of benzene rings is 5. The van der Waals surface area contributed by atoms with Crippen LogP contribution in [0.25, 0.3) is 27.6 Å². The third-order valence-corrected chi connectivity index (χ3v) is 9.71. The molecule has 1 aliphatic rings. The molecule has 0 fully saturated rings. The smallest absolute Gasteiger partial charge is 0.137 e. The van der Waals surface area contributed by atoms with Gasteiger partial charge in [-0.15, -0.1) is 0 Å². The lowest BCUT2D eigenvalue weighted by atomic mass is 9.86. The Morgan fingerprint density at radius 3 is 1.92 bits per heavy atom. The molecule has 0 amide bonds. The highest BCUT2D eigenvalue weighted by atomic mass is 16.5. The summed E-state index contributed by atoms with van der Waals surface area (Å²) in [6, 6.07) is 41.4. The van der Waals surface area contributed by atoms with Crippen molar-refractivity contribution in [1.82, 2.24) is 9.55 Å². The molecule has 0 bridgehead atoms. The Kier molecular flexibility index (Phi) is 6.68. The Bertz CT molecular complexity index is 2500. The van der Waals surface area contributed by atoms with Crippen LogP contribution in [0.5, 0.6) is 11.5 Å². The first-order valence-corrected chi connectivity index (χ1v) is 17.2. The van der Waals surface area contributed by atoms with Crippen molar-refractivity contribution < 1.29 is 8.85 Å². The summed E-state index contributed by atoms with van der Waals surface area (Å²) < 4.78 is 32.9. The van der Waals surface area contributed by atoms with E-state index in [1.807, 2.05) is 24.3 Å². The van der Waals surface area contributed by atoms with Crippen LogP contribution < -0.4 is 14.5 Å². The van der Waals surface area contributed by atoms with Crippen molar-refractivity contribution in [3.05, 3.63) is 144 Å². The second-order valence-electron chi connectivity index (χ2n) is 15.3. The van der Waals surface area contributed by atoms with Gasteiger partial charge < -0.3 is 14.5 Å². The van der Waals surface area contributed by atoms with Crippen LogP contribution in [0, 0.1) is 6.85 Å². The molecule has 5 heteroatoms. The van der Waals surface area contributed by atoms with Crippen LogP contribution in [0.2, 0.25) is 0 Å². The van der Waals surface area contributed by atoms with Crippen molar-refractivity contribution in [3.8, 4) is 17.3 Å². The van der Waals surface area contributed by atoms with Gasteiger partial charge in [-0.1, -0.05) is 84.0 Å². The predicted octanol–water partition coefficient (Wildman–Crippen LogP) is 12.1. The number of pyridine rings is 1.